The minimum absolute atomic E-state index is 0.0888. The molecule has 0 bridgehead atoms. The second-order valence-corrected chi connectivity index (χ2v) is 13.0. The van der Waals surface area contributed by atoms with Gasteiger partial charge in [0.15, 0.2) is 11.5 Å². The minimum atomic E-state index is -0.146. The van der Waals surface area contributed by atoms with Crippen molar-refractivity contribution in [2.45, 2.75) is 51.5 Å². The van der Waals surface area contributed by atoms with Gasteiger partial charge in [-0.1, -0.05) is 55.6 Å². The molecule has 10 heteroatoms. The van der Waals surface area contributed by atoms with E-state index in [1.54, 1.807) is 31.3 Å². The fourth-order valence-electron chi connectivity index (χ4n) is 6.79. The lowest BCUT2D eigenvalue weighted by atomic mass is 9.94. The van der Waals surface area contributed by atoms with Gasteiger partial charge in [-0.05, 0) is 74.3 Å². The maximum Gasteiger partial charge on any atom is 0.257 e. The number of benzene rings is 3. The molecule has 1 atom stereocenters. The standard InChI is InChI=1S/C38H50ClN5O4/c1-6-7-10-22-44-33-16-9-8-15-32(33)40-38(44)43-21-12-20-42(24-25-43)23-19-29(28-13-11-14-30(39)26-28)27-41(2)37(45)31-17-18-34(46-3)36(48-5)35(31)47-4/h8-9,11,13-18,26,29H,6-7,10,12,19-25,27H2,1-5H3. The van der Waals surface area contributed by atoms with E-state index in [0.717, 1.165) is 75.6 Å². The van der Waals surface area contributed by atoms with E-state index in [1.807, 2.05) is 25.2 Å². The van der Waals surface area contributed by atoms with E-state index in [1.165, 1.54) is 25.5 Å². The van der Waals surface area contributed by atoms with Crippen LogP contribution >= 0.6 is 11.6 Å². The van der Waals surface area contributed by atoms with Crippen LogP contribution in [0.3, 0.4) is 0 Å². The average molecular weight is 676 g/mol. The van der Waals surface area contributed by atoms with E-state index in [2.05, 4.69) is 51.6 Å². The summed E-state index contributed by atoms with van der Waals surface area (Å²) in [6.45, 7) is 8.57. The van der Waals surface area contributed by atoms with Crippen LogP contribution in [0.25, 0.3) is 11.0 Å². The van der Waals surface area contributed by atoms with Crippen molar-refractivity contribution >= 4 is 34.5 Å². The normalized spacial score (nSPS) is 14.5. The van der Waals surface area contributed by atoms with Crippen LogP contribution in [0.15, 0.2) is 60.7 Å². The number of likely N-dealkylation sites (N-methyl/N-ethyl adjacent to an activating group) is 1. The van der Waals surface area contributed by atoms with Gasteiger partial charge in [-0.2, -0.15) is 0 Å². The largest absolute Gasteiger partial charge is 0.493 e. The van der Waals surface area contributed by atoms with Crippen molar-refractivity contribution in [1.29, 1.82) is 0 Å². The number of carbonyl (C=O) groups excluding carboxylic acids is 1. The first-order valence-corrected chi connectivity index (χ1v) is 17.5. The van der Waals surface area contributed by atoms with Gasteiger partial charge in [-0.15, -0.1) is 0 Å². The maximum absolute atomic E-state index is 13.8. The van der Waals surface area contributed by atoms with Crippen molar-refractivity contribution in [2.24, 2.45) is 0 Å². The number of hydrogen-bond donors (Lipinski definition) is 0. The average Bonchev–Trinajstić information content (AvgIpc) is 3.30. The highest BCUT2D eigenvalue weighted by Gasteiger charge is 2.26. The summed E-state index contributed by atoms with van der Waals surface area (Å²) in [7, 11) is 6.48. The number of fused-ring (bicyclic) bond motifs is 1. The molecule has 0 N–H and O–H groups in total. The van der Waals surface area contributed by atoms with E-state index in [9.17, 15) is 4.79 Å². The number of anilines is 1. The predicted octanol–water partition coefficient (Wildman–Crippen LogP) is 7.36. The Balaban J connectivity index is 1.29. The molecule has 0 saturated carbocycles. The fourth-order valence-corrected chi connectivity index (χ4v) is 6.99. The van der Waals surface area contributed by atoms with Gasteiger partial charge in [0.25, 0.3) is 5.91 Å². The molecule has 2 heterocycles. The Labute approximate surface area is 290 Å². The van der Waals surface area contributed by atoms with Crippen LogP contribution in [-0.4, -0.2) is 92.9 Å². The zero-order valence-corrected chi connectivity index (χ0v) is 29.8. The van der Waals surface area contributed by atoms with Gasteiger partial charge in [-0.3, -0.25) is 4.79 Å². The number of aromatic nitrogens is 2. The van der Waals surface area contributed by atoms with Crippen LogP contribution in [0, 0.1) is 0 Å². The van der Waals surface area contributed by atoms with Gasteiger partial charge in [0.2, 0.25) is 11.7 Å². The number of carbonyl (C=O) groups is 1. The number of imidazole rings is 1. The summed E-state index contributed by atoms with van der Waals surface area (Å²) in [5, 5.41) is 0.695. The lowest BCUT2D eigenvalue weighted by Crippen LogP contribution is -2.35. The molecule has 3 aromatic carbocycles. The Kier molecular flexibility index (Phi) is 12.5. The number of methoxy groups -OCH3 is 3. The van der Waals surface area contributed by atoms with Crippen LogP contribution in [0.2, 0.25) is 5.02 Å². The summed E-state index contributed by atoms with van der Waals surface area (Å²) in [6, 6.07) is 20.0. The van der Waals surface area contributed by atoms with Gasteiger partial charge in [0, 0.05) is 50.7 Å². The van der Waals surface area contributed by atoms with Crippen molar-refractivity contribution in [3.05, 3.63) is 76.8 Å². The van der Waals surface area contributed by atoms with Crippen LogP contribution in [-0.2, 0) is 6.54 Å². The molecule has 48 heavy (non-hydrogen) atoms. The number of rotatable bonds is 15. The zero-order valence-electron chi connectivity index (χ0n) is 29.1. The SMILES string of the molecule is CCCCCn1c(N2CCCN(CCC(CN(C)C(=O)c3ccc(OC)c(OC)c3OC)c3cccc(Cl)c3)CC2)nc2ccccc21. The monoisotopic (exact) mass is 675 g/mol. The number of halogens is 1. The summed E-state index contributed by atoms with van der Waals surface area (Å²) in [5.74, 6) is 2.31. The van der Waals surface area contributed by atoms with Gasteiger partial charge < -0.3 is 33.5 Å². The summed E-state index contributed by atoms with van der Waals surface area (Å²) in [6.07, 6.45) is 5.53. The predicted molar refractivity (Wildman–Crippen MR) is 194 cm³/mol. The zero-order chi connectivity index (χ0) is 34.0. The van der Waals surface area contributed by atoms with Crippen LogP contribution in [0.4, 0.5) is 5.95 Å². The highest BCUT2D eigenvalue weighted by atomic mass is 35.5. The van der Waals surface area contributed by atoms with Gasteiger partial charge in [-0.25, -0.2) is 4.98 Å². The lowest BCUT2D eigenvalue weighted by Gasteiger charge is -2.28. The van der Waals surface area contributed by atoms with E-state index in [0.29, 0.717) is 34.4 Å². The lowest BCUT2D eigenvalue weighted by molar-refractivity contribution is 0.0778. The first-order chi connectivity index (χ1) is 23.4. The number of hydrogen-bond acceptors (Lipinski definition) is 7. The Morgan fingerprint density at radius 2 is 1.73 bits per heavy atom. The number of amides is 1. The molecular weight excluding hydrogens is 626 g/mol. The maximum atomic E-state index is 13.8. The molecule has 1 fully saturated rings. The molecule has 1 unspecified atom stereocenters. The van der Waals surface area contributed by atoms with Crippen LogP contribution in [0.1, 0.15) is 60.9 Å². The third-order valence-corrected chi connectivity index (χ3v) is 9.62. The second kappa shape index (κ2) is 16.9. The number of para-hydroxylation sites is 2. The third kappa shape index (κ3) is 8.18. The van der Waals surface area contributed by atoms with E-state index in [-0.39, 0.29) is 11.8 Å². The van der Waals surface area contributed by atoms with Crippen molar-refractivity contribution in [3.8, 4) is 17.2 Å². The van der Waals surface area contributed by atoms with E-state index in [4.69, 9.17) is 30.8 Å². The molecule has 1 aliphatic heterocycles. The fraction of sp³-hybridized carbons (Fsp3) is 0.474. The van der Waals surface area contributed by atoms with Gasteiger partial charge in [0.05, 0.1) is 37.9 Å². The summed E-state index contributed by atoms with van der Waals surface area (Å²) in [4.78, 5) is 25.7. The van der Waals surface area contributed by atoms with Gasteiger partial charge in [0.1, 0.15) is 0 Å². The molecule has 1 saturated heterocycles. The molecule has 258 valence electrons. The molecule has 1 aliphatic rings. The highest BCUT2D eigenvalue weighted by molar-refractivity contribution is 6.30. The topological polar surface area (TPSA) is 72.3 Å². The molecule has 0 spiro atoms. The molecule has 5 rings (SSSR count). The van der Waals surface area contributed by atoms with Crippen molar-refractivity contribution < 1.29 is 19.0 Å². The molecule has 0 aliphatic carbocycles. The molecule has 1 aromatic heterocycles. The Morgan fingerprint density at radius 1 is 0.917 bits per heavy atom. The highest BCUT2D eigenvalue weighted by Crippen LogP contribution is 2.40. The first kappa shape index (κ1) is 35.4. The first-order valence-electron chi connectivity index (χ1n) is 17.1. The number of aryl methyl sites for hydroxylation is 1. The van der Waals surface area contributed by atoms with Crippen LogP contribution < -0.4 is 19.1 Å². The second-order valence-electron chi connectivity index (χ2n) is 12.5. The summed E-state index contributed by atoms with van der Waals surface area (Å²) in [5.41, 5.74) is 3.84. The molecule has 9 nitrogen and oxygen atoms in total. The summed E-state index contributed by atoms with van der Waals surface area (Å²) < 4.78 is 19.0. The Bertz CT molecular complexity index is 1660. The minimum Gasteiger partial charge on any atom is -0.493 e. The van der Waals surface area contributed by atoms with E-state index < -0.39 is 0 Å². The number of nitrogens with zero attached hydrogens (tertiary/aromatic N) is 5. The Morgan fingerprint density at radius 3 is 2.48 bits per heavy atom. The number of ether oxygens (including phenoxy) is 3. The summed E-state index contributed by atoms with van der Waals surface area (Å²) >= 11 is 6.47. The van der Waals surface area contributed by atoms with Crippen molar-refractivity contribution in [3.63, 3.8) is 0 Å². The van der Waals surface area contributed by atoms with Crippen molar-refractivity contribution in [1.82, 2.24) is 19.4 Å². The molecule has 4 aromatic rings. The molecule has 0 radical (unpaired) electrons. The quantitative estimate of drug-likeness (QED) is 0.122. The van der Waals surface area contributed by atoms with E-state index >= 15 is 0 Å². The molecule has 1 amide bonds. The Hall–Kier alpha value is -3.95. The third-order valence-electron chi connectivity index (χ3n) is 9.38. The van der Waals surface area contributed by atoms with Crippen molar-refractivity contribution in [2.75, 3.05) is 72.5 Å². The molecular formula is C38H50ClN5O4. The van der Waals surface area contributed by atoms with Gasteiger partial charge >= 0.3 is 0 Å². The van der Waals surface area contributed by atoms with Crippen LogP contribution in [0.5, 0.6) is 17.2 Å². The number of unbranched alkanes of at least 4 members (excludes halogenated alkanes) is 2. The smallest absolute Gasteiger partial charge is 0.257 e.